The maximum atomic E-state index is 6.42. The van der Waals surface area contributed by atoms with Gasteiger partial charge in [-0.3, -0.25) is 0 Å². The monoisotopic (exact) mass is 759 g/mol. The molecule has 0 radical (unpaired) electrons. The van der Waals surface area contributed by atoms with Gasteiger partial charge in [0, 0.05) is 56.0 Å². The number of ether oxygens (including phenoxy) is 1. The molecule has 1 aliphatic rings. The fourth-order valence-corrected chi connectivity index (χ4v) is 5.61. The first-order valence-electron chi connectivity index (χ1n) is 14.6. The van der Waals surface area contributed by atoms with Gasteiger partial charge in [0.25, 0.3) is 0 Å². The Kier molecular flexibility index (Phi) is 7.53. The van der Waals surface area contributed by atoms with Crippen molar-refractivity contribution in [1.82, 2.24) is 14.5 Å². The molecular formula is C37H34N5OPt-3. The second kappa shape index (κ2) is 11.1. The number of para-hydroxylation sites is 1. The van der Waals surface area contributed by atoms with E-state index in [4.69, 9.17) is 9.72 Å². The van der Waals surface area contributed by atoms with E-state index < -0.39 is 0 Å². The van der Waals surface area contributed by atoms with Crippen LogP contribution in [0, 0.1) is 18.8 Å². The second-order valence-electron chi connectivity index (χ2n) is 13.0. The summed E-state index contributed by atoms with van der Waals surface area (Å²) < 4.78 is 8.60. The zero-order chi connectivity index (χ0) is 29.9. The van der Waals surface area contributed by atoms with Crippen LogP contribution in [-0.2, 0) is 26.5 Å². The van der Waals surface area contributed by atoms with Crippen molar-refractivity contribution >= 4 is 39.0 Å². The number of hydrogen-bond donors (Lipinski definition) is 0. The molecule has 6 aromatic rings. The van der Waals surface area contributed by atoms with Crippen LogP contribution in [0.3, 0.4) is 0 Å². The summed E-state index contributed by atoms with van der Waals surface area (Å²) in [5, 5.41) is 2.25. The Labute approximate surface area is 273 Å². The number of rotatable bonds is 4. The second-order valence-corrected chi connectivity index (χ2v) is 13.0. The van der Waals surface area contributed by atoms with Gasteiger partial charge < -0.3 is 19.1 Å². The minimum absolute atomic E-state index is 0. The standard InChI is InChI=1S/C37H34N5O.Pt/c1-36(2,3)25-18-20-38-34(21-25)42-31-14-8-7-13-29(31)30-17-16-28(23-33(30)42)43-27-12-9-11-26(22-27)40-24-41(37(4,5)6)35-32(40)15-10-19-39-35;/h7-21,24H,1-6H3;/q-3;. The molecule has 44 heavy (non-hydrogen) atoms. The molecule has 0 aliphatic carbocycles. The van der Waals surface area contributed by atoms with E-state index in [0.29, 0.717) is 11.5 Å². The molecule has 0 bridgehead atoms. The van der Waals surface area contributed by atoms with Gasteiger partial charge in [0.1, 0.15) is 11.6 Å². The fraction of sp³-hybridized carbons (Fsp3) is 0.216. The van der Waals surface area contributed by atoms with Gasteiger partial charge in [0.2, 0.25) is 0 Å². The number of anilines is 3. The zero-order valence-corrected chi connectivity index (χ0v) is 28.0. The first-order valence-corrected chi connectivity index (χ1v) is 14.6. The summed E-state index contributed by atoms with van der Waals surface area (Å²) in [5.74, 6) is 3.00. The summed E-state index contributed by atoms with van der Waals surface area (Å²) in [6, 6.07) is 33.8. The van der Waals surface area contributed by atoms with Gasteiger partial charge >= 0.3 is 0 Å². The van der Waals surface area contributed by atoms with Gasteiger partial charge in [-0.25, -0.2) is 9.97 Å². The van der Waals surface area contributed by atoms with Crippen LogP contribution in [0.25, 0.3) is 27.6 Å². The average Bonchev–Trinajstić information content (AvgIpc) is 3.53. The summed E-state index contributed by atoms with van der Waals surface area (Å²) in [7, 11) is 0. The molecule has 0 saturated heterocycles. The van der Waals surface area contributed by atoms with E-state index in [1.54, 1.807) is 0 Å². The topological polar surface area (TPSA) is 46.4 Å². The minimum Gasteiger partial charge on any atom is -0.509 e. The molecule has 0 saturated carbocycles. The van der Waals surface area contributed by atoms with Crippen LogP contribution in [0.5, 0.6) is 11.5 Å². The number of fused-ring (bicyclic) bond motifs is 4. The molecule has 0 N–H and O–H groups in total. The maximum Gasteiger partial charge on any atom is 0.135 e. The van der Waals surface area contributed by atoms with Crippen molar-refractivity contribution in [3.05, 3.63) is 116 Å². The van der Waals surface area contributed by atoms with Crippen molar-refractivity contribution < 1.29 is 25.8 Å². The summed E-state index contributed by atoms with van der Waals surface area (Å²) in [4.78, 5) is 13.7. The van der Waals surface area contributed by atoms with E-state index in [2.05, 4.69) is 128 Å². The van der Waals surface area contributed by atoms with Crippen molar-refractivity contribution in [2.75, 3.05) is 9.80 Å². The fourth-order valence-electron chi connectivity index (χ4n) is 5.61. The van der Waals surface area contributed by atoms with E-state index in [1.807, 2.05) is 42.7 Å². The van der Waals surface area contributed by atoms with Gasteiger partial charge in [-0.15, -0.1) is 48.1 Å². The predicted molar refractivity (Wildman–Crippen MR) is 174 cm³/mol. The summed E-state index contributed by atoms with van der Waals surface area (Å²) in [6.45, 7) is 15.3. The van der Waals surface area contributed by atoms with E-state index in [-0.39, 0.29) is 32.0 Å². The van der Waals surface area contributed by atoms with Crippen molar-refractivity contribution in [3.63, 3.8) is 0 Å². The van der Waals surface area contributed by atoms with Crippen molar-refractivity contribution in [2.24, 2.45) is 0 Å². The van der Waals surface area contributed by atoms with Crippen molar-refractivity contribution in [1.29, 1.82) is 0 Å². The molecule has 1 aliphatic heterocycles. The van der Waals surface area contributed by atoms with Gasteiger partial charge in [-0.2, -0.15) is 12.1 Å². The third-order valence-corrected chi connectivity index (χ3v) is 7.84. The van der Waals surface area contributed by atoms with Crippen molar-refractivity contribution in [3.8, 4) is 17.3 Å². The quantitative estimate of drug-likeness (QED) is 0.168. The Morgan fingerprint density at radius 1 is 0.750 bits per heavy atom. The summed E-state index contributed by atoms with van der Waals surface area (Å²) >= 11 is 0. The number of hydrogen-bond acceptors (Lipinski definition) is 5. The molecule has 3 aromatic carbocycles. The smallest absolute Gasteiger partial charge is 0.135 e. The number of nitrogens with zero attached hydrogens (tertiary/aromatic N) is 5. The van der Waals surface area contributed by atoms with Crippen LogP contribution in [0.2, 0.25) is 0 Å². The Bertz CT molecular complexity index is 1980. The molecule has 0 unspecified atom stereocenters. The Morgan fingerprint density at radius 2 is 1.55 bits per heavy atom. The number of aromatic nitrogens is 3. The largest absolute Gasteiger partial charge is 0.509 e. The van der Waals surface area contributed by atoms with E-state index in [1.165, 1.54) is 5.56 Å². The van der Waals surface area contributed by atoms with E-state index >= 15 is 0 Å². The molecule has 0 spiro atoms. The van der Waals surface area contributed by atoms with Gasteiger partial charge in [-0.1, -0.05) is 44.5 Å². The molecule has 7 rings (SSSR count). The SMILES string of the molecule is CC(C)(C)c1ccnc(-n2c3[c-]c(Oc4[c-]c(N5[CH-]N(C(C)(C)C)c6ncccc65)ccc4)ccc3c3ccccc32)c1.[Pt]. The van der Waals surface area contributed by atoms with Gasteiger partial charge in [-0.05, 0) is 67.5 Å². The predicted octanol–water partition coefficient (Wildman–Crippen LogP) is 9.14. The molecule has 0 amide bonds. The van der Waals surface area contributed by atoms with E-state index in [0.717, 1.165) is 44.8 Å². The third kappa shape index (κ3) is 5.26. The molecule has 6 nitrogen and oxygen atoms in total. The van der Waals surface area contributed by atoms with Crippen LogP contribution >= 0.6 is 0 Å². The molecule has 226 valence electrons. The molecule has 0 atom stereocenters. The maximum absolute atomic E-state index is 6.42. The molecular weight excluding hydrogens is 726 g/mol. The zero-order valence-electron chi connectivity index (χ0n) is 25.7. The summed E-state index contributed by atoms with van der Waals surface area (Å²) in [5.41, 5.74) is 4.98. The Morgan fingerprint density at radius 3 is 2.34 bits per heavy atom. The van der Waals surface area contributed by atoms with Crippen LogP contribution in [-0.4, -0.2) is 20.1 Å². The van der Waals surface area contributed by atoms with Crippen LogP contribution < -0.4 is 14.5 Å². The van der Waals surface area contributed by atoms with Gasteiger partial charge in [0.15, 0.2) is 0 Å². The van der Waals surface area contributed by atoms with Crippen LogP contribution in [0.1, 0.15) is 47.1 Å². The summed E-state index contributed by atoms with van der Waals surface area (Å²) in [6.07, 6.45) is 3.72. The Hall–Kier alpha value is -4.15. The normalized spacial score (nSPS) is 13.3. The molecule has 0 fully saturated rings. The Balaban J connectivity index is 0.00000343. The molecule has 7 heteroatoms. The van der Waals surface area contributed by atoms with Crippen LogP contribution in [0.4, 0.5) is 17.2 Å². The minimum atomic E-state index is -0.129. The first-order chi connectivity index (χ1) is 20.6. The number of benzene rings is 3. The number of pyridine rings is 2. The van der Waals surface area contributed by atoms with E-state index in [9.17, 15) is 0 Å². The third-order valence-electron chi connectivity index (χ3n) is 7.84. The molecule has 4 heterocycles. The van der Waals surface area contributed by atoms with Crippen LogP contribution in [0.15, 0.2) is 91.3 Å². The average molecular weight is 760 g/mol. The van der Waals surface area contributed by atoms with Crippen molar-refractivity contribution in [2.45, 2.75) is 52.5 Å². The molecule has 3 aromatic heterocycles. The first kappa shape index (κ1) is 29.9. The van der Waals surface area contributed by atoms with Gasteiger partial charge in [0.05, 0.1) is 5.69 Å².